The number of azo groups is 1. The molecule has 0 bridgehead atoms. The lowest BCUT2D eigenvalue weighted by Gasteiger charge is -2.01. The van der Waals surface area contributed by atoms with Gasteiger partial charge in [0.25, 0.3) is 11.6 Å². The third-order valence-electron chi connectivity index (χ3n) is 2.37. The van der Waals surface area contributed by atoms with Gasteiger partial charge < -0.3 is 10.4 Å². The molecule has 1 aromatic rings. The average molecular weight is 326 g/mol. The number of nitrogens with one attached hydrogen (secondary N) is 1. The third kappa shape index (κ3) is 3.20. The summed E-state index contributed by atoms with van der Waals surface area (Å²) in [5, 5.41) is 28.6. The molecule has 0 saturated carbocycles. The average Bonchev–Trinajstić information content (AvgIpc) is 2.73. The first kappa shape index (κ1) is 15.0. The first-order chi connectivity index (χ1) is 9.90. The van der Waals surface area contributed by atoms with Gasteiger partial charge in [0.1, 0.15) is 10.0 Å². The Morgan fingerprint density at radius 3 is 2.76 bits per heavy atom. The monoisotopic (exact) mass is 326 g/mol. The van der Waals surface area contributed by atoms with Crippen molar-refractivity contribution in [1.82, 2.24) is 5.32 Å². The molecule has 9 nitrogen and oxygen atoms in total. The first-order valence-corrected chi connectivity index (χ1v) is 6.62. The Labute approximate surface area is 126 Å². The fourth-order valence-electron chi connectivity index (χ4n) is 1.52. The van der Waals surface area contributed by atoms with Crippen LogP contribution in [0.2, 0.25) is 0 Å². The van der Waals surface area contributed by atoms with Crippen molar-refractivity contribution in [3.8, 4) is 0 Å². The number of benzene rings is 1. The molecule has 1 fully saturated rings. The zero-order valence-corrected chi connectivity index (χ0v) is 11.7. The maximum atomic E-state index is 11.4. The van der Waals surface area contributed by atoms with Crippen molar-refractivity contribution in [2.24, 2.45) is 10.2 Å². The van der Waals surface area contributed by atoms with E-state index in [-0.39, 0.29) is 10.0 Å². The number of carboxylic acid groups (broad SMARTS) is 1. The lowest BCUT2D eigenvalue weighted by Crippen LogP contribution is -2.22. The van der Waals surface area contributed by atoms with E-state index in [1.807, 2.05) is 0 Å². The molecule has 1 atom stereocenters. The first-order valence-electron chi connectivity index (χ1n) is 5.33. The van der Waals surface area contributed by atoms with Crippen molar-refractivity contribution in [1.29, 1.82) is 0 Å². The molecule has 21 heavy (non-hydrogen) atoms. The number of nitrogens with zero attached hydrogens (tertiary/aromatic N) is 3. The number of carbonyl (C=O) groups is 2. The standard InChI is InChI=1S/C10H6N4O5S2/c15-7-8(21-10(20)11-7)13-12-4-2-1-3-5(14(18)19)6(4)9(16)17/h1-3,8H,(H,16,17)(H,11,15,20). The highest BCUT2D eigenvalue weighted by atomic mass is 32.2. The van der Waals surface area contributed by atoms with Crippen molar-refractivity contribution in [3.63, 3.8) is 0 Å². The van der Waals surface area contributed by atoms with Crippen LogP contribution < -0.4 is 5.32 Å². The zero-order chi connectivity index (χ0) is 15.6. The number of thioether (sulfide) groups is 1. The van der Waals surface area contributed by atoms with Crippen LogP contribution in [0.15, 0.2) is 28.4 Å². The molecule has 1 amide bonds. The van der Waals surface area contributed by atoms with Gasteiger partial charge in [-0.1, -0.05) is 30.0 Å². The summed E-state index contributed by atoms with van der Waals surface area (Å²) in [6, 6.07) is 3.59. The Morgan fingerprint density at radius 1 is 1.52 bits per heavy atom. The van der Waals surface area contributed by atoms with Gasteiger partial charge in [0.15, 0.2) is 5.56 Å². The molecular formula is C10H6N4O5S2. The molecule has 0 aromatic heterocycles. The summed E-state index contributed by atoms with van der Waals surface area (Å²) in [6.45, 7) is 0. The second-order valence-electron chi connectivity index (χ2n) is 3.70. The predicted molar refractivity (Wildman–Crippen MR) is 76.7 cm³/mol. The van der Waals surface area contributed by atoms with Crippen LogP contribution in [0.5, 0.6) is 0 Å². The van der Waals surface area contributed by atoms with E-state index in [0.717, 1.165) is 17.8 Å². The summed E-state index contributed by atoms with van der Waals surface area (Å²) in [5.41, 5.74) is -1.39. The van der Waals surface area contributed by atoms with E-state index in [2.05, 4.69) is 15.5 Å². The minimum Gasteiger partial charge on any atom is -0.477 e. The maximum absolute atomic E-state index is 11.4. The van der Waals surface area contributed by atoms with Gasteiger partial charge in [-0.25, -0.2) is 4.79 Å². The van der Waals surface area contributed by atoms with E-state index in [0.29, 0.717) is 0 Å². The molecule has 108 valence electrons. The van der Waals surface area contributed by atoms with Gasteiger partial charge in [-0.2, -0.15) is 10.2 Å². The molecule has 1 unspecified atom stereocenters. The molecule has 2 rings (SSSR count). The molecule has 1 heterocycles. The maximum Gasteiger partial charge on any atom is 0.345 e. The molecule has 1 aliphatic rings. The normalized spacial score (nSPS) is 18.0. The van der Waals surface area contributed by atoms with Gasteiger partial charge >= 0.3 is 5.97 Å². The molecule has 0 aliphatic carbocycles. The van der Waals surface area contributed by atoms with E-state index in [4.69, 9.17) is 17.3 Å². The van der Waals surface area contributed by atoms with E-state index >= 15 is 0 Å². The highest BCUT2D eigenvalue weighted by Gasteiger charge is 2.29. The quantitative estimate of drug-likeness (QED) is 0.373. The topological polar surface area (TPSA) is 134 Å². The van der Waals surface area contributed by atoms with Crippen LogP contribution in [0.1, 0.15) is 10.4 Å². The van der Waals surface area contributed by atoms with Crippen LogP contribution in [-0.4, -0.2) is 31.6 Å². The summed E-state index contributed by atoms with van der Waals surface area (Å²) in [7, 11) is 0. The van der Waals surface area contributed by atoms with E-state index in [1.165, 1.54) is 12.1 Å². The second-order valence-corrected chi connectivity index (χ2v) is 5.45. The van der Waals surface area contributed by atoms with E-state index < -0.39 is 33.4 Å². The van der Waals surface area contributed by atoms with Crippen molar-refractivity contribution >= 4 is 51.6 Å². The van der Waals surface area contributed by atoms with Crippen molar-refractivity contribution < 1.29 is 19.6 Å². The Kier molecular flexibility index (Phi) is 4.23. The number of nitro groups is 1. The summed E-state index contributed by atoms with van der Waals surface area (Å²) in [5.74, 6) is -1.98. The Morgan fingerprint density at radius 2 is 2.24 bits per heavy atom. The Hall–Kier alpha value is -2.40. The lowest BCUT2D eigenvalue weighted by molar-refractivity contribution is -0.385. The predicted octanol–water partition coefficient (Wildman–Crippen LogP) is 1.85. The van der Waals surface area contributed by atoms with Crippen LogP contribution in [0.3, 0.4) is 0 Å². The van der Waals surface area contributed by atoms with Gasteiger partial charge in [-0.3, -0.25) is 14.9 Å². The molecule has 1 saturated heterocycles. The molecular weight excluding hydrogens is 320 g/mol. The molecule has 0 radical (unpaired) electrons. The summed E-state index contributed by atoms with van der Waals surface area (Å²) in [4.78, 5) is 32.5. The van der Waals surface area contributed by atoms with Crippen molar-refractivity contribution in [2.45, 2.75) is 5.37 Å². The smallest absolute Gasteiger partial charge is 0.345 e. The summed E-state index contributed by atoms with van der Waals surface area (Å²) < 4.78 is 0.237. The number of carboxylic acids is 1. The van der Waals surface area contributed by atoms with Crippen molar-refractivity contribution in [2.75, 3.05) is 0 Å². The van der Waals surface area contributed by atoms with Gasteiger partial charge in [0.2, 0.25) is 5.37 Å². The van der Waals surface area contributed by atoms with Gasteiger partial charge in [0, 0.05) is 6.07 Å². The number of nitro benzene ring substituents is 1. The van der Waals surface area contributed by atoms with Crippen LogP contribution >= 0.6 is 24.0 Å². The fourth-order valence-corrected chi connectivity index (χ4v) is 2.52. The van der Waals surface area contributed by atoms with Crippen LogP contribution in [0.25, 0.3) is 0 Å². The van der Waals surface area contributed by atoms with E-state index in [9.17, 15) is 19.7 Å². The molecule has 1 aromatic carbocycles. The van der Waals surface area contributed by atoms with E-state index in [1.54, 1.807) is 0 Å². The number of amides is 1. The molecule has 0 spiro atoms. The number of aromatic carboxylic acids is 1. The molecule has 11 heteroatoms. The van der Waals surface area contributed by atoms with Gasteiger partial charge in [-0.05, 0) is 6.07 Å². The summed E-state index contributed by atoms with van der Waals surface area (Å²) >= 11 is 5.72. The molecule has 1 aliphatic heterocycles. The Bertz CT molecular complexity index is 690. The number of hydrogen-bond acceptors (Lipinski definition) is 8. The molecule has 2 N–H and O–H groups in total. The number of hydrogen-bond donors (Lipinski definition) is 2. The van der Waals surface area contributed by atoms with Crippen LogP contribution in [0, 0.1) is 10.1 Å². The highest BCUT2D eigenvalue weighted by Crippen LogP contribution is 2.30. The highest BCUT2D eigenvalue weighted by molar-refractivity contribution is 8.24. The van der Waals surface area contributed by atoms with Crippen molar-refractivity contribution in [3.05, 3.63) is 33.9 Å². The largest absolute Gasteiger partial charge is 0.477 e. The third-order valence-corrected chi connectivity index (χ3v) is 3.61. The van der Waals surface area contributed by atoms with Crippen LogP contribution in [-0.2, 0) is 4.79 Å². The second kappa shape index (κ2) is 5.93. The SMILES string of the molecule is O=C(O)c1c(N=NC2SC(=S)NC2=O)cccc1[N+](=O)[O-]. The number of rotatable bonds is 4. The fraction of sp³-hybridized carbons (Fsp3) is 0.100. The number of thiocarbonyl (C=S) groups is 1. The zero-order valence-electron chi connectivity index (χ0n) is 10.0. The minimum absolute atomic E-state index is 0.206. The Balaban J connectivity index is 2.38. The van der Waals surface area contributed by atoms with Gasteiger partial charge in [0.05, 0.1) is 4.92 Å². The van der Waals surface area contributed by atoms with Gasteiger partial charge in [-0.15, -0.1) is 0 Å². The number of carbonyl (C=O) groups excluding carboxylic acids is 1. The minimum atomic E-state index is -1.50. The van der Waals surface area contributed by atoms with Crippen LogP contribution in [0.4, 0.5) is 11.4 Å². The lowest BCUT2D eigenvalue weighted by atomic mass is 10.1. The summed E-state index contributed by atoms with van der Waals surface area (Å²) in [6.07, 6.45) is 0.